The highest BCUT2D eigenvalue weighted by molar-refractivity contribution is 7.15. The Kier molecular flexibility index (Phi) is 3.60. The smallest absolute Gasteiger partial charge is 0.124 e. The Hall–Kier alpha value is -1.19. The van der Waals surface area contributed by atoms with E-state index in [4.69, 9.17) is 0 Å². The van der Waals surface area contributed by atoms with Crippen LogP contribution in [0.25, 0.3) is 10.6 Å². The van der Waals surface area contributed by atoms with Gasteiger partial charge in [0, 0.05) is 5.56 Å². The molecule has 1 aromatic heterocycles. The molecule has 0 fully saturated rings. The third-order valence-corrected chi connectivity index (χ3v) is 3.88. The molecule has 90 valence electrons. The lowest BCUT2D eigenvalue weighted by atomic mass is 10.1. The summed E-state index contributed by atoms with van der Waals surface area (Å²) in [6.45, 7) is 6.38. The van der Waals surface area contributed by atoms with Crippen LogP contribution in [0.15, 0.2) is 24.3 Å². The van der Waals surface area contributed by atoms with Crippen molar-refractivity contribution in [2.24, 2.45) is 0 Å². The number of aryl methyl sites for hydroxylation is 1. The van der Waals surface area contributed by atoms with Crippen molar-refractivity contribution < 1.29 is 5.11 Å². The summed E-state index contributed by atoms with van der Waals surface area (Å²) in [6, 6.07) is 8.23. The van der Waals surface area contributed by atoms with E-state index >= 15 is 0 Å². The van der Waals surface area contributed by atoms with Crippen LogP contribution in [0.1, 0.15) is 35.9 Å². The number of hydrogen-bond donors (Lipinski definition) is 1. The number of nitrogens with zero attached hydrogens (tertiary/aromatic N) is 1. The molecule has 0 bridgehead atoms. The van der Waals surface area contributed by atoms with Crippen molar-refractivity contribution in [1.29, 1.82) is 0 Å². The molecule has 0 atom stereocenters. The van der Waals surface area contributed by atoms with Gasteiger partial charge in [-0.05, 0) is 18.4 Å². The molecule has 0 spiro atoms. The van der Waals surface area contributed by atoms with Crippen LogP contribution in [-0.4, -0.2) is 10.1 Å². The minimum atomic E-state index is 0.0804. The zero-order valence-corrected chi connectivity index (χ0v) is 11.2. The van der Waals surface area contributed by atoms with Gasteiger partial charge in [-0.25, -0.2) is 4.98 Å². The van der Waals surface area contributed by atoms with E-state index in [0.717, 1.165) is 15.6 Å². The SMILES string of the molecule is Cc1ccccc1-c1nc(C(C)C)c(CO)s1. The number of aromatic nitrogens is 1. The third-order valence-electron chi connectivity index (χ3n) is 2.79. The fourth-order valence-electron chi connectivity index (χ4n) is 1.86. The highest BCUT2D eigenvalue weighted by Gasteiger charge is 2.15. The first-order valence-electron chi connectivity index (χ1n) is 5.80. The Morgan fingerprint density at radius 3 is 2.53 bits per heavy atom. The predicted molar refractivity (Wildman–Crippen MR) is 72.3 cm³/mol. The van der Waals surface area contributed by atoms with Crippen molar-refractivity contribution in [2.45, 2.75) is 33.3 Å². The topological polar surface area (TPSA) is 33.1 Å². The molecular formula is C14H17NOS. The summed E-state index contributed by atoms with van der Waals surface area (Å²) in [5.41, 5.74) is 3.41. The molecule has 17 heavy (non-hydrogen) atoms. The van der Waals surface area contributed by atoms with Gasteiger partial charge in [-0.15, -0.1) is 11.3 Å². The molecule has 1 N–H and O–H groups in total. The number of benzene rings is 1. The molecular weight excluding hydrogens is 230 g/mol. The van der Waals surface area contributed by atoms with Gasteiger partial charge in [-0.1, -0.05) is 38.1 Å². The Morgan fingerprint density at radius 1 is 1.29 bits per heavy atom. The van der Waals surface area contributed by atoms with Crippen LogP contribution < -0.4 is 0 Å². The van der Waals surface area contributed by atoms with E-state index in [9.17, 15) is 5.11 Å². The van der Waals surface area contributed by atoms with Crippen molar-refractivity contribution in [3.05, 3.63) is 40.4 Å². The van der Waals surface area contributed by atoms with E-state index < -0.39 is 0 Å². The minimum Gasteiger partial charge on any atom is -0.391 e. The molecule has 1 heterocycles. The largest absolute Gasteiger partial charge is 0.391 e. The number of thiazole rings is 1. The summed E-state index contributed by atoms with van der Waals surface area (Å²) in [7, 11) is 0. The standard InChI is InChI=1S/C14H17NOS/c1-9(2)13-12(8-16)17-14(15-13)11-7-5-4-6-10(11)3/h4-7,9,16H,8H2,1-3H3. The van der Waals surface area contributed by atoms with Crippen LogP contribution in [-0.2, 0) is 6.61 Å². The van der Waals surface area contributed by atoms with E-state index in [1.54, 1.807) is 11.3 Å². The maximum atomic E-state index is 9.37. The first kappa shape index (κ1) is 12.3. The van der Waals surface area contributed by atoms with Gasteiger partial charge in [-0.2, -0.15) is 0 Å². The second kappa shape index (κ2) is 4.98. The van der Waals surface area contributed by atoms with Gasteiger partial charge in [-0.3, -0.25) is 0 Å². The quantitative estimate of drug-likeness (QED) is 0.896. The molecule has 0 saturated carbocycles. The molecule has 0 radical (unpaired) electrons. The monoisotopic (exact) mass is 247 g/mol. The molecule has 1 aromatic carbocycles. The number of aliphatic hydroxyl groups excluding tert-OH is 1. The number of rotatable bonds is 3. The van der Waals surface area contributed by atoms with Crippen LogP contribution in [0.2, 0.25) is 0 Å². The van der Waals surface area contributed by atoms with Gasteiger partial charge in [0.15, 0.2) is 0 Å². The normalized spacial score (nSPS) is 11.1. The van der Waals surface area contributed by atoms with Crippen molar-refractivity contribution in [2.75, 3.05) is 0 Å². The summed E-state index contributed by atoms with van der Waals surface area (Å²) in [5, 5.41) is 10.4. The first-order valence-corrected chi connectivity index (χ1v) is 6.61. The maximum absolute atomic E-state index is 9.37. The summed E-state index contributed by atoms with van der Waals surface area (Å²) in [6.07, 6.45) is 0. The third kappa shape index (κ3) is 2.40. The Morgan fingerprint density at radius 2 is 2.00 bits per heavy atom. The van der Waals surface area contributed by atoms with E-state index in [1.165, 1.54) is 11.1 Å². The molecule has 0 aliphatic heterocycles. The molecule has 0 aliphatic carbocycles. The fourth-order valence-corrected chi connectivity index (χ4v) is 3.02. The molecule has 0 saturated heterocycles. The first-order chi connectivity index (χ1) is 8.13. The van der Waals surface area contributed by atoms with Crippen LogP contribution in [0.5, 0.6) is 0 Å². The van der Waals surface area contributed by atoms with Gasteiger partial charge in [0.25, 0.3) is 0 Å². The van der Waals surface area contributed by atoms with E-state index in [1.807, 2.05) is 12.1 Å². The van der Waals surface area contributed by atoms with Gasteiger partial charge in [0.1, 0.15) is 5.01 Å². The van der Waals surface area contributed by atoms with Crippen LogP contribution in [0.4, 0.5) is 0 Å². The highest BCUT2D eigenvalue weighted by atomic mass is 32.1. The number of aliphatic hydroxyl groups is 1. The average Bonchev–Trinajstić information content (AvgIpc) is 2.73. The second-order valence-electron chi connectivity index (χ2n) is 4.46. The minimum absolute atomic E-state index is 0.0804. The van der Waals surface area contributed by atoms with Gasteiger partial charge in [0.05, 0.1) is 17.2 Å². The van der Waals surface area contributed by atoms with E-state index in [-0.39, 0.29) is 6.61 Å². The van der Waals surface area contributed by atoms with Crippen molar-refractivity contribution >= 4 is 11.3 Å². The predicted octanol–water partition coefficient (Wildman–Crippen LogP) is 3.73. The second-order valence-corrected chi connectivity index (χ2v) is 5.54. The van der Waals surface area contributed by atoms with E-state index in [2.05, 4.69) is 37.9 Å². The average molecular weight is 247 g/mol. The molecule has 0 unspecified atom stereocenters. The molecule has 2 aromatic rings. The highest BCUT2D eigenvalue weighted by Crippen LogP contribution is 2.33. The molecule has 3 heteroatoms. The van der Waals surface area contributed by atoms with Crippen molar-refractivity contribution in [1.82, 2.24) is 4.98 Å². The summed E-state index contributed by atoms with van der Waals surface area (Å²) in [4.78, 5) is 5.65. The lowest BCUT2D eigenvalue weighted by Gasteiger charge is -2.02. The zero-order valence-electron chi connectivity index (χ0n) is 10.4. The lowest BCUT2D eigenvalue weighted by Crippen LogP contribution is -1.93. The van der Waals surface area contributed by atoms with Gasteiger partial charge in [0.2, 0.25) is 0 Å². The molecule has 0 aliphatic rings. The van der Waals surface area contributed by atoms with Crippen LogP contribution >= 0.6 is 11.3 Å². The van der Waals surface area contributed by atoms with Gasteiger partial charge >= 0.3 is 0 Å². The van der Waals surface area contributed by atoms with Crippen molar-refractivity contribution in [3.63, 3.8) is 0 Å². The maximum Gasteiger partial charge on any atom is 0.124 e. The molecule has 0 amide bonds. The Bertz CT molecular complexity index is 517. The van der Waals surface area contributed by atoms with Crippen LogP contribution in [0, 0.1) is 6.92 Å². The van der Waals surface area contributed by atoms with Crippen LogP contribution in [0.3, 0.4) is 0 Å². The van der Waals surface area contributed by atoms with Gasteiger partial charge < -0.3 is 5.11 Å². The lowest BCUT2D eigenvalue weighted by molar-refractivity contribution is 0.283. The Balaban J connectivity index is 2.51. The summed E-state index contributed by atoms with van der Waals surface area (Å²) in [5.74, 6) is 0.353. The molecule has 2 nitrogen and oxygen atoms in total. The van der Waals surface area contributed by atoms with E-state index in [0.29, 0.717) is 5.92 Å². The summed E-state index contributed by atoms with van der Waals surface area (Å²) >= 11 is 1.59. The summed E-state index contributed by atoms with van der Waals surface area (Å²) < 4.78 is 0. The van der Waals surface area contributed by atoms with Crippen molar-refractivity contribution in [3.8, 4) is 10.6 Å². The zero-order chi connectivity index (χ0) is 12.4. The fraction of sp³-hybridized carbons (Fsp3) is 0.357. The Labute approximate surface area is 106 Å². The number of hydrogen-bond acceptors (Lipinski definition) is 3. The molecule has 2 rings (SSSR count).